The minimum absolute atomic E-state index is 0.175. The first kappa shape index (κ1) is 21.3. The van der Waals surface area contributed by atoms with Gasteiger partial charge in [-0.3, -0.25) is 4.90 Å². The maximum absolute atomic E-state index is 13.0. The molecule has 0 spiro atoms. The Kier molecular flexibility index (Phi) is 6.90. The number of methoxy groups -OCH3 is 1. The van der Waals surface area contributed by atoms with Crippen molar-refractivity contribution in [2.45, 2.75) is 19.9 Å². The van der Waals surface area contributed by atoms with Crippen LogP contribution in [0.15, 0.2) is 59.8 Å². The third kappa shape index (κ3) is 4.78. The minimum atomic E-state index is -0.434. The molecule has 0 radical (unpaired) electrons. The van der Waals surface area contributed by atoms with Crippen molar-refractivity contribution in [1.82, 2.24) is 5.32 Å². The molecule has 1 unspecified atom stereocenters. The zero-order chi connectivity index (χ0) is 21.0. The SMILES string of the molecule is COCCOC(=O)C1=C(C)N(c2ccc(C)cc2)C(=S)NC1c1ccc(Cl)cc1. The fourth-order valence-electron chi connectivity index (χ4n) is 3.21. The molecule has 29 heavy (non-hydrogen) atoms. The fraction of sp³-hybridized carbons (Fsp3) is 0.273. The van der Waals surface area contributed by atoms with Crippen LogP contribution in [-0.4, -0.2) is 31.4 Å². The van der Waals surface area contributed by atoms with Crippen LogP contribution in [0.25, 0.3) is 0 Å². The summed E-state index contributed by atoms with van der Waals surface area (Å²) in [5.41, 5.74) is 4.11. The molecule has 1 heterocycles. The van der Waals surface area contributed by atoms with Crippen LogP contribution in [0.4, 0.5) is 5.69 Å². The van der Waals surface area contributed by atoms with Gasteiger partial charge in [0.15, 0.2) is 5.11 Å². The molecular formula is C22H23ClN2O3S. The molecule has 3 rings (SSSR count). The van der Waals surface area contributed by atoms with Crippen molar-refractivity contribution in [3.8, 4) is 0 Å². The van der Waals surface area contributed by atoms with Crippen LogP contribution >= 0.6 is 23.8 Å². The van der Waals surface area contributed by atoms with Gasteiger partial charge in [-0.15, -0.1) is 0 Å². The van der Waals surface area contributed by atoms with E-state index in [9.17, 15) is 4.79 Å². The number of hydrogen-bond acceptors (Lipinski definition) is 4. The molecule has 5 nitrogen and oxygen atoms in total. The Bertz CT molecular complexity index is 926. The van der Waals surface area contributed by atoms with Gasteiger partial charge in [0.05, 0.1) is 18.2 Å². The van der Waals surface area contributed by atoms with Crippen LogP contribution < -0.4 is 10.2 Å². The van der Waals surface area contributed by atoms with E-state index in [1.165, 1.54) is 0 Å². The predicted molar refractivity (Wildman–Crippen MR) is 119 cm³/mol. The number of esters is 1. The van der Waals surface area contributed by atoms with Crippen LogP contribution in [0.2, 0.25) is 5.02 Å². The zero-order valence-electron chi connectivity index (χ0n) is 16.6. The summed E-state index contributed by atoms with van der Waals surface area (Å²) in [5.74, 6) is -0.411. The molecule has 1 N–H and O–H groups in total. The van der Waals surface area contributed by atoms with Crippen molar-refractivity contribution in [3.63, 3.8) is 0 Å². The highest BCUT2D eigenvalue weighted by atomic mass is 35.5. The average molecular weight is 431 g/mol. The van der Waals surface area contributed by atoms with Gasteiger partial charge in [0.2, 0.25) is 0 Å². The first-order valence-corrected chi connectivity index (χ1v) is 10.0. The second-order valence-electron chi connectivity index (χ2n) is 6.73. The number of ether oxygens (including phenoxy) is 2. The summed E-state index contributed by atoms with van der Waals surface area (Å²) in [6.07, 6.45) is 0. The van der Waals surface area contributed by atoms with Crippen molar-refractivity contribution >= 4 is 40.6 Å². The molecule has 0 amide bonds. The highest BCUT2D eigenvalue weighted by Crippen LogP contribution is 2.34. The molecule has 0 saturated carbocycles. The number of aryl methyl sites for hydroxylation is 1. The maximum atomic E-state index is 13.0. The molecule has 7 heteroatoms. The quantitative estimate of drug-likeness (QED) is 0.412. The van der Waals surface area contributed by atoms with Gasteiger partial charge in [-0.25, -0.2) is 4.79 Å². The smallest absolute Gasteiger partial charge is 0.338 e. The van der Waals surface area contributed by atoms with Crippen LogP contribution in [0.3, 0.4) is 0 Å². The number of anilines is 1. The van der Waals surface area contributed by atoms with Gasteiger partial charge in [-0.05, 0) is 55.9 Å². The van der Waals surface area contributed by atoms with E-state index >= 15 is 0 Å². The standard InChI is InChI=1S/C22H23ClN2O3S/c1-14-4-10-18(11-5-14)25-15(2)19(21(26)28-13-12-27-3)20(24-22(25)29)16-6-8-17(23)9-7-16/h4-11,20H,12-13H2,1-3H3,(H,24,29). The van der Waals surface area contributed by atoms with Crippen molar-refractivity contribution in [1.29, 1.82) is 0 Å². The summed E-state index contributed by atoms with van der Waals surface area (Å²) in [6.45, 7) is 4.41. The van der Waals surface area contributed by atoms with Crippen LogP contribution in [0.1, 0.15) is 24.1 Å². The summed E-state index contributed by atoms with van der Waals surface area (Å²) in [6, 6.07) is 14.9. The number of nitrogens with zero attached hydrogens (tertiary/aromatic N) is 1. The van der Waals surface area contributed by atoms with Crippen molar-refractivity contribution < 1.29 is 14.3 Å². The van der Waals surface area contributed by atoms with Gasteiger partial charge in [0.25, 0.3) is 0 Å². The van der Waals surface area contributed by atoms with Crippen molar-refractivity contribution in [2.75, 3.05) is 25.2 Å². The first-order chi connectivity index (χ1) is 13.9. The topological polar surface area (TPSA) is 50.8 Å². The van der Waals surface area contributed by atoms with Gasteiger partial charge < -0.3 is 14.8 Å². The molecule has 0 aliphatic carbocycles. The molecule has 1 atom stereocenters. The molecule has 0 aromatic heterocycles. The van der Waals surface area contributed by atoms with Crippen molar-refractivity contribution in [3.05, 3.63) is 76.0 Å². The van der Waals surface area contributed by atoms with Crippen LogP contribution in [0.5, 0.6) is 0 Å². The third-order valence-electron chi connectivity index (χ3n) is 4.72. The Labute approximate surface area is 181 Å². The van der Waals surface area contributed by atoms with Gasteiger partial charge in [0, 0.05) is 23.5 Å². The highest BCUT2D eigenvalue weighted by molar-refractivity contribution is 7.80. The molecule has 0 bridgehead atoms. The number of allylic oxidation sites excluding steroid dienone is 1. The molecule has 152 valence electrons. The molecule has 0 fully saturated rings. The zero-order valence-corrected chi connectivity index (χ0v) is 18.1. The summed E-state index contributed by atoms with van der Waals surface area (Å²) in [4.78, 5) is 14.9. The van der Waals surface area contributed by atoms with Gasteiger partial charge in [-0.2, -0.15) is 0 Å². The third-order valence-corrected chi connectivity index (χ3v) is 5.27. The Morgan fingerprint density at radius 2 is 1.76 bits per heavy atom. The predicted octanol–water partition coefficient (Wildman–Crippen LogP) is 4.55. The Balaban J connectivity index is 2.05. The normalized spacial score (nSPS) is 16.6. The largest absolute Gasteiger partial charge is 0.460 e. The molecule has 1 aliphatic heterocycles. The number of carbonyl (C=O) groups is 1. The van der Waals surface area contributed by atoms with E-state index < -0.39 is 12.0 Å². The summed E-state index contributed by atoms with van der Waals surface area (Å²) in [7, 11) is 1.56. The van der Waals surface area contributed by atoms with E-state index in [-0.39, 0.29) is 6.61 Å². The number of carbonyl (C=O) groups excluding carboxylic acids is 1. The monoisotopic (exact) mass is 430 g/mol. The average Bonchev–Trinajstić information content (AvgIpc) is 2.69. The van der Waals surface area contributed by atoms with Gasteiger partial charge in [0.1, 0.15) is 6.61 Å². The lowest BCUT2D eigenvalue weighted by Crippen LogP contribution is -2.48. The van der Waals surface area contributed by atoms with Gasteiger partial charge in [-0.1, -0.05) is 41.4 Å². The maximum Gasteiger partial charge on any atom is 0.338 e. The fourth-order valence-corrected chi connectivity index (χ4v) is 3.70. The van der Waals surface area contributed by atoms with Crippen molar-refractivity contribution in [2.24, 2.45) is 0 Å². The highest BCUT2D eigenvalue weighted by Gasteiger charge is 2.35. The van der Waals surface area contributed by atoms with E-state index in [0.717, 1.165) is 22.5 Å². The Morgan fingerprint density at radius 3 is 2.38 bits per heavy atom. The summed E-state index contributed by atoms with van der Waals surface area (Å²) >= 11 is 11.7. The first-order valence-electron chi connectivity index (χ1n) is 9.22. The Morgan fingerprint density at radius 1 is 1.10 bits per heavy atom. The molecule has 0 saturated heterocycles. The minimum Gasteiger partial charge on any atom is -0.460 e. The van der Waals surface area contributed by atoms with Crippen LogP contribution in [0, 0.1) is 6.92 Å². The Hall–Kier alpha value is -2.41. The second-order valence-corrected chi connectivity index (χ2v) is 7.56. The summed E-state index contributed by atoms with van der Waals surface area (Å²) < 4.78 is 10.4. The number of hydrogen-bond donors (Lipinski definition) is 1. The van der Waals surface area contributed by atoms with E-state index in [4.69, 9.17) is 33.3 Å². The number of benzene rings is 2. The van der Waals surface area contributed by atoms with E-state index in [1.54, 1.807) is 19.2 Å². The lowest BCUT2D eigenvalue weighted by Gasteiger charge is -2.37. The second kappa shape index (κ2) is 9.39. The van der Waals surface area contributed by atoms with E-state index in [2.05, 4.69) is 5.32 Å². The summed E-state index contributed by atoms with van der Waals surface area (Å²) in [5, 5.41) is 4.43. The number of nitrogens with one attached hydrogen (secondary N) is 1. The number of rotatable bonds is 6. The molecule has 2 aromatic carbocycles. The lowest BCUT2D eigenvalue weighted by molar-refractivity contribution is -0.140. The van der Waals surface area contributed by atoms with Gasteiger partial charge >= 0.3 is 5.97 Å². The number of halogens is 1. The van der Waals surface area contributed by atoms with E-state index in [1.807, 2.05) is 55.1 Å². The lowest BCUT2D eigenvalue weighted by atomic mass is 9.95. The number of thiocarbonyl (C=S) groups is 1. The molecule has 1 aliphatic rings. The van der Waals surface area contributed by atoms with Crippen LogP contribution in [-0.2, 0) is 14.3 Å². The molecule has 2 aromatic rings. The molecular weight excluding hydrogens is 408 g/mol. The van der Waals surface area contributed by atoms with E-state index in [0.29, 0.717) is 22.3 Å².